The molecule has 2 heterocycles. The van der Waals surface area contributed by atoms with Gasteiger partial charge in [0.05, 0.1) is 11.7 Å². The van der Waals surface area contributed by atoms with Crippen LogP contribution >= 0.6 is 0 Å². The molecule has 0 bridgehead atoms. The number of hydrogen-bond donors (Lipinski definition) is 0. The van der Waals surface area contributed by atoms with E-state index in [1.54, 1.807) is 23.0 Å². The van der Waals surface area contributed by atoms with Crippen molar-refractivity contribution in [2.75, 3.05) is 0 Å². The van der Waals surface area contributed by atoms with Crippen molar-refractivity contribution in [3.8, 4) is 5.75 Å². The minimum absolute atomic E-state index is 0.323. The molecule has 0 fully saturated rings. The van der Waals surface area contributed by atoms with Crippen molar-refractivity contribution in [2.24, 2.45) is 0 Å². The monoisotopic (exact) mass is 176 g/mol. The first-order chi connectivity index (χ1) is 6.25. The summed E-state index contributed by atoms with van der Waals surface area (Å²) in [4.78, 5) is 10.6. The van der Waals surface area contributed by atoms with Crippen LogP contribution in [0.3, 0.4) is 0 Å². The summed E-state index contributed by atoms with van der Waals surface area (Å²) in [6.45, 7) is 1.37. The molecular formula is C9H8N2O2. The molecule has 2 aromatic rings. The third kappa shape index (κ3) is 1.51. The highest BCUT2D eigenvalue weighted by molar-refractivity contribution is 5.70. The first-order valence-corrected chi connectivity index (χ1v) is 3.87. The second-order valence-electron chi connectivity index (χ2n) is 2.66. The van der Waals surface area contributed by atoms with Crippen molar-refractivity contribution in [3.63, 3.8) is 0 Å². The van der Waals surface area contributed by atoms with Gasteiger partial charge >= 0.3 is 5.97 Å². The van der Waals surface area contributed by atoms with Gasteiger partial charge in [-0.05, 0) is 12.1 Å². The normalized spacial score (nSPS) is 10.2. The van der Waals surface area contributed by atoms with Crippen LogP contribution in [0.2, 0.25) is 0 Å². The number of ether oxygens (including phenoxy) is 1. The van der Waals surface area contributed by atoms with Gasteiger partial charge in [0.25, 0.3) is 0 Å². The summed E-state index contributed by atoms with van der Waals surface area (Å²) < 4.78 is 6.55. The van der Waals surface area contributed by atoms with Gasteiger partial charge < -0.3 is 4.74 Å². The van der Waals surface area contributed by atoms with Gasteiger partial charge in [-0.3, -0.25) is 4.79 Å². The summed E-state index contributed by atoms with van der Waals surface area (Å²) in [7, 11) is 0. The summed E-state index contributed by atoms with van der Waals surface area (Å²) in [5.41, 5.74) is 0.902. The van der Waals surface area contributed by atoms with Crippen molar-refractivity contribution in [3.05, 3.63) is 30.6 Å². The smallest absolute Gasteiger partial charge is 0.308 e. The number of fused-ring (bicyclic) bond motifs is 1. The lowest BCUT2D eigenvalue weighted by Gasteiger charge is -1.92. The molecule has 0 saturated carbocycles. The predicted octanol–water partition coefficient (Wildman–Crippen LogP) is 1.26. The van der Waals surface area contributed by atoms with Crippen LogP contribution in [0.4, 0.5) is 0 Å². The van der Waals surface area contributed by atoms with Crippen LogP contribution in [0.25, 0.3) is 5.52 Å². The van der Waals surface area contributed by atoms with Crippen LogP contribution in [0, 0.1) is 0 Å². The van der Waals surface area contributed by atoms with Crippen molar-refractivity contribution >= 4 is 11.5 Å². The van der Waals surface area contributed by atoms with Gasteiger partial charge in [0, 0.05) is 19.2 Å². The van der Waals surface area contributed by atoms with Gasteiger partial charge in [-0.25, -0.2) is 4.52 Å². The summed E-state index contributed by atoms with van der Waals surface area (Å²) in [5.74, 6) is 0.196. The second-order valence-corrected chi connectivity index (χ2v) is 2.66. The third-order valence-corrected chi connectivity index (χ3v) is 1.61. The molecule has 2 rings (SSSR count). The molecule has 0 saturated heterocycles. The molecule has 0 unspecified atom stereocenters. The zero-order chi connectivity index (χ0) is 9.26. The predicted molar refractivity (Wildman–Crippen MR) is 46.5 cm³/mol. The van der Waals surface area contributed by atoms with E-state index in [2.05, 4.69) is 5.10 Å². The van der Waals surface area contributed by atoms with Gasteiger partial charge in [-0.1, -0.05) is 0 Å². The average molecular weight is 176 g/mol. The molecule has 2 aromatic heterocycles. The van der Waals surface area contributed by atoms with E-state index >= 15 is 0 Å². The fraction of sp³-hybridized carbons (Fsp3) is 0.111. The third-order valence-electron chi connectivity index (χ3n) is 1.61. The molecule has 4 heteroatoms. The molecule has 0 atom stereocenters. The van der Waals surface area contributed by atoms with Crippen LogP contribution in [-0.4, -0.2) is 15.6 Å². The van der Waals surface area contributed by atoms with Crippen molar-refractivity contribution < 1.29 is 9.53 Å². The van der Waals surface area contributed by atoms with E-state index < -0.39 is 0 Å². The average Bonchev–Trinajstić information content (AvgIpc) is 2.44. The number of carbonyl (C=O) groups excluding carboxylic acids is 1. The van der Waals surface area contributed by atoms with Crippen LogP contribution in [0.15, 0.2) is 30.6 Å². The lowest BCUT2D eigenvalue weighted by Crippen LogP contribution is -1.99. The van der Waals surface area contributed by atoms with Crippen molar-refractivity contribution in [1.29, 1.82) is 0 Å². The molecule has 0 amide bonds. The van der Waals surface area contributed by atoms with E-state index in [1.165, 1.54) is 6.92 Å². The Balaban J connectivity index is 2.44. The Hall–Kier alpha value is -1.84. The molecule has 0 spiro atoms. The topological polar surface area (TPSA) is 43.6 Å². The number of carbonyl (C=O) groups is 1. The summed E-state index contributed by atoms with van der Waals surface area (Å²) in [6, 6.07) is 5.47. The highest BCUT2D eigenvalue weighted by Gasteiger charge is 2.01. The molecule has 66 valence electrons. The first-order valence-electron chi connectivity index (χ1n) is 3.87. The second kappa shape index (κ2) is 2.90. The van der Waals surface area contributed by atoms with E-state index in [1.807, 2.05) is 12.1 Å². The highest BCUT2D eigenvalue weighted by atomic mass is 16.5. The van der Waals surface area contributed by atoms with Gasteiger partial charge in [0.1, 0.15) is 0 Å². The minimum Gasteiger partial charge on any atom is -0.425 e. The van der Waals surface area contributed by atoms with E-state index in [9.17, 15) is 4.79 Å². The SMILES string of the molecule is CC(=O)Oc1cc2cccnn2c1. The van der Waals surface area contributed by atoms with Gasteiger partial charge in [0.2, 0.25) is 0 Å². The van der Waals surface area contributed by atoms with Gasteiger partial charge in [-0.2, -0.15) is 5.10 Å². The molecule has 0 aliphatic rings. The standard InChI is InChI=1S/C9H8N2O2/c1-7(12)13-9-5-8-3-2-4-10-11(8)6-9/h2-6H,1H3. The van der Waals surface area contributed by atoms with E-state index in [0.29, 0.717) is 5.75 Å². The maximum absolute atomic E-state index is 10.6. The fourth-order valence-corrected chi connectivity index (χ4v) is 1.14. The van der Waals surface area contributed by atoms with E-state index in [4.69, 9.17) is 4.74 Å². The molecule has 4 nitrogen and oxygen atoms in total. The zero-order valence-electron chi connectivity index (χ0n) is 7.10. The van der Waals surface area contributed by atoms with Crippen molar-refractivity contribution in [2.45, 2.75) is 6.92 Å². The molecule has 0 aliphatic heterocycles. The first kappa shape index (κ1) is 7.79. The molecule has 0 aromatic carbocycles. The lowest BCUT2D eigenvalue weighted by molar-refractivity contribution is -0.131. The molecule has 0 N–H and O–H groups in total. The van der Waals surface area contributed by atoms with Gasteiger partial charge in [-0.15, -0.1) is 0 Å². The fourth-order valence-electron chi connectivity index (χ4n) is 1.14. The largest absolute Gasteiger partial charge is 0.425 e. The van der Waals surface area contributed by atoms with E-state index in [-0.39, 0.29) is 5.97 Å². The van der Waals surface area contributed by atoms with Crippen LogP contribution in [-0.2, 0) is 4.79 Å². The molecule has 13 heavy (non-hydrogen) atoms. The van der Waals surface area contributed by atoms with E-state index in [0.717, 1.165) is 5.52 Å². The zero-order valence-corrected chi connectivity index (χ0v) is 7.10. The quantitative estimate of drug-likeness (QED) is 0.614. The van der Waals surface area contributed by atoms with Gasteiger partial charge in [0.15, 0.2) is 5.75 Å². The summed E-state index contributed by atoms with van der Waals surface area (Å²) in [6.07, 6.45) is 3.33. The van der Waals surface area contributed by atoms with Crippen molar-refractivity contribution in [1.82, 2.24) is 9.61 Å². The Morgan fingerprint density at radius 2 is 2.46 bits per heavy atom. The Labute approximate surface area is 74.7 Å². The molecule has 0 radical (unpaired) electrons. The summed E-state index contributed by atoms with van der Waals surface area (Å²) in [5, 5.41) is 4.03. The van der Waals surface area contributed by atoms with Crippen LogP contribution < -0.4 is 4.74 Å². The number of rotatable bonds is 1. The van der Waals surface area contributed by atoms with Crippen LogP contribution in [0.1, 0.15) is 6.92 Å². The Morgan fingerprint density at radius 1 is 1.62 bits per heavy atom. The van der Waals surface area contributed by atoms with Crippen LogP contribution in [0.5, 0.6) is 5.75 Å². The Kier molecular flexibility index (Phi) is 1.73. The molecular weight excluding hydrogens is 168 g/mol. The number of hydrogen-bond acceptors (Lipinski definition) is 3. The number of esters is 1. The maximum atomic E-state index is 10.6. The number of nitrogens with zero attached hydrogens (tertiary/aromatic N) is 2. The maximum Gasteiger partial charge on any atom is 0.308 e. The Morgan fingerprint density at radius 3 is 3.15 bits per heavy atom. The lowest BCUT2D eigenvalue weighted by atomic mass is 10.4. The Bertz CT molecular complexity index is 415. The highest BCUT2D eigenvalue weighted by Crippen LogP contribution is 2.15. The summed E-state index contributed by atoms with van der Waals surface area (Å²) >= 11 is 0. The minimum atomic E-state index is -0.323. The molecule has 0 aliphatic carbocycles. The number of aromatic nitrogens is 2.